The van der Waals surface area contributed by atoms with Crippen LogP contribution in [0.5, 0.6) is 0 Å². The van der Waals surface area contributed by atoms with Gasteiger partial charge >= 0.3 is 37.9 Å². The average Bonchev–Trinajstić information content (AvgIpc) is 3.80. The number of hydrogen-bond donors (Lipinski definition) is 0. The molecule has 248 valence electrons. The molecular formula is C46H43Cl2Zr-3. The van der Waals surface area contributed by atoms with Gasteiger partial charge in [-0.1, -0.05) is 136 Å². The van der Waals surface area contributed by atoms with E-state index in [1.165, 1.54) is 87.6 Å². The van der Waals surface area contributed by atoms with Crippen molar-refractivity contribution in [1.82, 2.24) is 0 Å². The van der Waals surface area contributed by atoms with Crippen LogP contribution in [0.25, 0.3) is 65.3 Å². The van der Waals surface area contributed by atoms with Gasteiger partial charge in [0.2, 0.25) is 0 Å². The normalized spacial score (nSPS) is 10.6. The zero-order valence-corrected chi connectivity index (χ0v) is 33.0. The van der Waals surface area contributed by atoms with Crippen LogP contribution in [-0.2, 0) is 33.7 Å². The molecule has 0 spiro atoms. The van der Waals surface area contributed by atoms with E-state index >= 15 is 0 Å². The minimum atomic E-state index is -0.826. The van der Waals surface area contributed by atoms with E-state index in [1.807, 2.05) is 0 Å². The molecule has 0 saturated carbocycles. The zero-order valence-electron chi connectivity index (χ0n) is 29.1. The number of benzene rings is 6. The van der Waals surface area contributed by atoms with E-state index in [-0.39, 0.29) is 0 Å². The molecular weight excluding hydrogens is 715 g/mol. The molecule has 0 aliphatic heterocycles. The van der Waals surface area contributed by atoms with Crippen LogP contribution < -0.4 is 0 Å². The second-order valence-corrected chi connectivity index (χ2v) is 15.8. The Morgan fingerprint density at radius 1 is 0.490 bits per heavy atom. The molecule has 0 saturated heterocycles. The summed E-state index contributed by atoms with van der Waals surface area (Å²) in [6, 6.07) is 48.9. The molecule has 8 aromatic rings. The minimum absolute atomic E-state index is 0.826. The van der Waals surface area contributed by atoms with Crippen molar-refractivity contribution in [2.75, 3.05) is 0 Å². The fraction of sp³-hybridized carbons (Fsp3) is 0.152. The van der Waals surface area contributed by atoms with Gasteiger partial charge in [-0.05, 0) is 45.5 Å². The van der Waals surface area contributed by atoms with Gasteiger partial charge < -0.3 is 6.92 Å². The summed E-state index contributed by atoms with van der Waals surface area (Å²) in [5.41, 5.74) is 10.9. The Hall–Kier alpha value is -3.48. The quantitative estimate of drug-likeness (QED) is 0.157. The Morgan fingerprint density at radius 2 is 0.837 bits per heavy atom. The van der Waals surface area contributed by atoms with Gasteiger partial charge in [-0.15, -0.1) is 68.1 Å². The molecule has 0 bridgehead atoms. The van der Waals surface area contributed by atoms with Gasteiger partial charge in [0.05, 0.1) is 0 Å². The fourth-order valence-corrected chi connectivity index (χ4v) is 6.81. The van der Waals surface area contributed by atoms with Crippen molar-refractivity contribution in [3.63, 3.8) is 0 Å². The number of halogens is 2. The van der Waals surface area contributed by atoms with Crippen molar-refractivity contribution in [1.29, 1.82) is 0 Å². The Morgan fingerprint density at radius 3 is 1.22 bits per heavy atom. The van der Waals surface area contributed by atoms with Gasteiger partial charge in [-0.2, -0.15) is 19.1 Å². The average molecular weight is 758 g/mol. The molecule has 3 heteroatoms. The Balaban J connectivity index is 0.000000169. The summed E-state index contributed by atoms with van der Waals surface area (Å²) in [5.74, 6) is 0. The van der Waals surface area contributed by atoms with E-state index in [2.05, 4.69) is 168 Å². The summed E-state index contributed by atoms with van der Waals surface area (Å²) in [6.45, 7) is 13.9. The first-order chi connectivity index (χ1) is 24.0. The van der Waals surface area contributed by atoms with Crippen molar-refractivity contribution in [3.05, 3.63) is 163 Å². The van der Waals surface area contributed by atoms with E-state index in [0.29, 0.717) is 0 Å². The summed E-state index contributed by atoms with van der Waals surface area (Å²) < 4.78 is 0. The molecule has 0 fully saturated rings. The number of hydrogen-bond acceptors (Lipinski definition) is 0. The summed E-state index contributed by atoms with van der Waals surface area (Å²) >= 11 is -0.826. The van der Waals surface area contributed by atoms with E-state index in [1.54, 1.807) is 6.92 Å². The molecule has 0 aromatic heterocycles. The van der Waals surface area contributed by atoms with Crippen LogP contribution in [0, 0.1) is 20.8 Å². The molecule has 8 rings (SSSR count). The molecule has 0 heterocycles. The Labute approximate surface area is 311 Å². The standard InChI is InChI=1S/2C22H19.C2H5.2ClH.Zr/c2*1-3-16-13-21-15(2)11-12-20(22(21)14-16)19-10-6-8-17-7-4-5-9-18(17)19;1-2;;;/h2*4-14H,3H2,1-2H3;1H2,2H3;2*1H;/q3*-1;;;+2/p-2. The fourth-order valence-electron chi connectivity index (χ4n) is 6.81. The van der Waals surface area contributed by atoms with Crippen LogP contribution in [0.4, 0.5) is 0 Å². The zero-order chi connectivity index (χ0) is 34.9. The molecule has 0 unspecified atom stereocenters. The number of fused-ring (bicyclic) bond motifs is 4. The first-order valence-electron chi connectivity index (χ1n) is 17.0. The Kier molecular flexibility index (Phi) is 13.1. The maximum atomic E-state index is 4.93. The molecule has 0 nitrogen and oxygen atoms in total. The van der Waals surface area contributed by atoms with Crippen LogP contribution in [0.1, 0.15) is 43.0 Å². The number of aryl methyl sites for hydroxylation is 4. The van der Waals surface area contributed by atoms with Gasteiger partial charge in [0.25, 0.3) is 0 Å². The summed E-state index contributed by atoms with van der Waals surface area (Å²) in [5, 5.41) is 10.8. The predicted octanol–water partition coefficient (Wildman–Crippen LogP) is 14.7. The van der Waals surface area contributed by atoms with Gasteiger partial charge in [0.1, 0.15) is 0 Å². The first kappa shape index (κ1) is 36.8. The van der Waals surface area contributed by atoms with Crippen molar-refractivity contribution in [2.24, 2.45) is 0 Å². The van der Waals surface area contributed by atoms with Crippen molar-refractivity contribution < 1.29 is 20.8 Å². The summed E-state index contributed by atoms with van der Waals surface area (Å²) in [6.07, 6.45) is 2.17. The van der Waals surface area contributed by atoms with Crippen LogP contribution in [0.15, 0.2) is 133 Å². The monoisotopic (exact) mass is 755 g/mol. The van der Waals surface area contributed by atoms with Gasteiger partial charge in [-0.25, -0.2) is 0 Å². The van der Waals surface area contributed by atoms with Crippen molar-refractivity contribution >= 4 is 60.1 Å². The molecule has 49 heavy (non-hydrogen) atoms. The predicted molar refractivity (Wildman–Crippen MR) is 216 cm³/mol. The van der Waals surface area contributed by atoms with Crippen LogP contribution in [0.3, 0.4) is 0 Å². The first-order valence-corrected chi connectivity index (χ1v) is 23.3. The molecule has 0 radical (unpaired) electrons. The summed E-state index contributed by atoms with van der Waals surface area (Å²) in [7, 11) is 9.87. The molecule has 0 N–H and O–H groups in total. The summed E-state index contributed by atoms with van der Waals surface area (Å²) in [4.78, 5) is 0. The second kappa shape index (κ2) is 17.4. The van der Waals surface area contributed by atoms with E-state index in [0.717, 1.165) is 12.8 Å². The molecule has 8 aromatic carbocycles. The molecule has 0 aliphatic carbocycles. The van der Waals surface area contributed by atoms with Crippen LogP contribution in [0.2, 0.25) is 0 Å². The Bertz CT molecular complexity index is 2130. The van der Waals surface area contributed by atoms with E-state index in [9.17, 15) is 0 Å². The van der Waals surface area contributed by atoms with Gasteiger partial charge in [0, 0.05) is 0 Å². The third-order valence-electron chi connectivity index (χ3n) is 9.31. The third kappa shape index (κ3) is 7.97. The topological polar surface area (TPSA) is 0 Å². The van der Waals surface area contributed by atoms with Crippen molar-refractivity contribution in [2.45, 2.75) is 47.5 Å². The van der Waals surface area contributed by atoms with Crippen LogP contribution in [-0.4, -0.2) is 0 Å². The molecule has 0 aliphatic rings. The van der Waals surface area contributed by atoms with Crippen molar-refractivity contribution in [3.8, 4) is 22.3 Å². The SMILES string of the molecule is CCc1cc2c(-c3cccc4ccccc34)ccc(C)c2[cH-]1.CCc1cc2c(-c3cccc4ccccc34)ccc(C)c2[cH-]1.[CH2-]C.[Cl][Zr][Cl]. The second-order valence-electron chi connectivity index (χ2n) is 12.1. The number of rotatable bonds is 4. The van der Waals surface area contributed by atoms with Crippen LogP contribution >= 0.6 is 17.0 Å². The molecule has 0 atom stereocenters. The maximum absolute atomic E-state index is 4.93. The molecule has 0 amide bonds. The van der Waals surface area contributed by atoms with E-state index in [4.69, 9.17) is 17.0 Å². The van der Waals surface area contributed by atoms with Gasteiger partial charge in [0.15, 0.2) is 0 Å². The van der Waals surface area contributed by atoms with Gasteiger partial charge in [-0.3, -0.25) is 0 Å². The van der Waals surface area contributed by atoms with E-state index < -0.39 is 20.8 Å². The third-order valence-corrected chi connectivity index (χ3v) is 9.31.